The van der Waals surface area contributed by atoms with E-state index in [0.29, 0.717) is 18.3 Å². The third kappa shape index (κ3) is 2.76. The molecule has 0 radical (unpaired) electrons. The van der Waals surface area contributed by atoms with Gasteiger partial charge in [0.15, 0.2) is 0 Å². The Bertz CT molecular complexity index is 399. The van der Waals surface area contributed by atoms with E-state index < -0.39 is 5.97 Å². The lowest BCUT2D eigenvalue weighted by Crippen LogP contribution is -2.19. The van der Waals surface area contributed by atoms with Gasteiger partial charge in [-0.25, -0.2) is 4.79 Å². The lowest BCUT2D eigenvalue weighted by molar-refractivity contribution is 0.0696. The van der Waals surface area contributed by atoms with Crippen molar-refractivity contribution < 1.29 is 14.6 Å². The zero-order valence-corrected chi connectivity index (χ0v) is 10.4. The molecule has 0 aromatic heterocycles. The van der Waals surface area contributed by atoms with Gasteiger partial charge in [0.1, 0.15) is 5.75 Å². The number of hydrogen-bond donors (Lipinski definition) is 1. The number of rotatable bonds is 4. The predicted molar refractivity (Wildman–Crippen MR) is 63.9 cm³/mol. The first-order chi connectivity index (χ1) is 7.65. The van der Waals surface area contributed by atoms with Gasteiger partial charge in [0.25, 0.3) is 0 Å². The van der Waals surface area contributed by atoms with Gasteiger partial charge in [-0.15, -0.1) is 0 Å². The molecule has 1 aliphatic carbocycles. The fourth-order valence-corrected chi connectivity index (χ4v) is 2.12. The van der Waals surface area contributed by atoms with Crippen LogP contribution in [0.3, 0.4) is 0 Å². The minimum Gasteiger partial charge on any atom is -0.493 e. The molecule has 4 heteroatoms. The largest absolute Gasteiger partial charge is 0.493 e. The van der Waals surface area contributed by atoms with Gasteiger partial charge in [0, 0.05) is 4.47 Å². The zero-order valence-electron chi connectivity index (χ0n) is 8.78. The Kier molecular flexibility index (Phi) is 3.49. The predicted octanol–water partition coefficient (Wildman–Crippen LogP) is 3.33. The van der Waals surface area contributed by atoms with Gasteiger partial charge in [-0.2, -0.15) is 0 Å². The van der Waals surface area contributed by atoms with Crippen LogP contribution in [0.2, 0.25) is 0 Å². The molecule has 0 atom stereocenters. The smallest absolute Gasteiger partial charge is 0.335 e. The number of halogens is 1. The molecule has 0 heterocycles. The SMILES string of the molecule is O=C(O)c1cc(Br)cc(OCC2CCC2)c1. The number of aromatic carboxylic acids is 1. The maximum atomic E-state index is 10.8. The first-order valence-electron chi connectivity index (χ1n) is 5.32. The van der Waals surface area contributed by atoms with Crippen LogP contribution >= 0.6 is 15.9 Å². The second-order valence-corrected chi connectivity index (χ2v) is 5.00. The lowest BCUT2D eigenvalue weighted by atomic mass is 9.86. The highest BCUT2D eigenvalue weighted by Crippen LogP contribution is 2.28. The third-order valence-electron chi connectivity index (χ3n) is 2.83. The van der Waals surface area contributed by atoms with Gasteiger partial charge in [0.2, 0.25) is 0 Å². The highest BCUT2D eigenvalue weighted by atomic mass is 79.9. The summed E-state index contributed by atoms with van der Waals surface area (Å²) in [4.78, 5) is 10.8. The van der Waals surface area contributed by atoms with Gasteiger partial charge < -0.3 is 9.84 Å². The highest BCUT2D eigenvalue weighted by molar-refractivity contribution is 9.10. The van der Waals surface area contributed by atoms with Crippen molar-refractivity contribution in [2.75, 3.05) is 6.61 Å². The van der Waals surface area contributed by atoms with E-state index in [0.717, 1.165) is 4.47 Å². The Hall–Kier alpha value is -1.03. The molecular weight excluding hydrogens is 272 g/mol. The summed E-state index contributed by atoms with van der Waals surface area (Å²) in [6.07, 6.45) is 3.73. The number of carboxylic acids is 1. The van der Waals surface area contributed by atoms with Crippen molar-refractivity contribution in [3.05, 3.63) is 28.2 Å². The summed E-state index contributed by atoms with van der Waals surface area (Å²) in [6.45, 7) is 0.690. The highest BCUT2D eigenvalue weighted by Gasteiger charge is 2.18. The Morgan fingerprint density at radius 2 is 2.19 bits per heavy atom. The monoisotopic (exact) mass is 284 g/mol. The van der Waals surface area contributed by atoms with Crippen molar-refractivity contribution in [3.8, 4) is 5.75 Å². The van der Waals surface area contributed by atoms with E-state index in [4.69, 9.17) is 9.84 Å². The number of ether oxygens (including phenoxy) is 1. The van der Waals surface area contributed by atoms with E-state index in [1.165, 1.54) is 19.3 Å². The molecule has 3 nitrogen and oxygen atoms in total. The second-order valence-electron chi connectivity index (χ2n) is 4.09. The summed E-state index contributed by atoms with van der Waals surface area (Å²) in [5.41, 5.74) is 0.248. The Morgan fingerprint density at radius 1 is 1.44 bits per heavy atom. The molecule has 2 rings (SSSR count). The van der Waals surface area contributed by atoms with Gasteiger partial charge in [-0.1, -0.05) is 22.4 Å². The Labute approximate surface area is 103 Å². The van der Waals surface area contributed by atoms with Gasteiger partial charge in [0.05, 0.1) is 12.2 Å². The number of carboxylic acid groups (broad SMARTS) is 1. The average molecular weight is 285 g/mol. The van der Waals surface area contributed by atoms with E-state index in [9.17, 15) is 4.79 Å². The van der Waals surface area contributed by atoms with E-state index in [1.54, 1.807) is 18.2 Å². The Morgan fingerprint density at radius 3 is 2.75 bits per heavy atom. The topological polar surface area (TPSA) is 46.5 Å². The fraction of sp³-hybridized carbons (Fsp3) is 0.417. The summed E-state index contributed by atoms with van der Waals surface area (Å²) in [7, 11) is 0. The van der Waals surface area contributed by atoms with Crippen molar-refractivity contribution in [3.63, 3.8) is 0 Å². The van der Waals surface area contributed by atoms with Crippen LogP contribution < -0.4 is 4.74 Å². The van der Waals surface area contributed by atoms with Crippen molar-refractivity contribution in [1.29, 1.82) is 0 Å². The molecule has 1 aliphatic rings. The molecule has 0 aliphatic heterocycles. The van der Waals surface area contributed by atoms with Crippen molar-refractivity contribution >= 4 is 21.9 Å². The van der Waals surface area contributed by atoms with Crippen LogP contribution in [0.1, 0.15) is 29.6 Å². The van der Waals surface area contributed by atoms with Gasteiger partial charge in [-0.3, -0.25) is 0 Å². The number of benzene rings is 1. The molecule has 1 fully saturated rings. The maximum absolute atomic E-state index is 10.8. The summed E-state index contributed by atoms with van der Waals surface area (Å²) in [5.74, 6) is 0.334. The third-order valence-corrected chi connectivity index (χ3v) is 3.29. The maximum Gasteiger partial charge on any atom is 0.335 e. The van der Waals surface area contributed by atoms with Crippen LogP contribution in [0.5, 0.6) is 5.75 Å². The summed E-state index contributed by atoms with van der Waals surface area (Å²) in [6, 6.07) is 4.93. The van der Waals surface area contributed by atoms with Crippen molar-refractivity contribution in [1.82, 2.24) is 0 Å². The van der Waals surface area contributed by atoms with E-state index in [1.807, 2.05) is 0 Å². The molecule has 1 aromatic carbocycles. The normalized spacial score (nSPS) is 15.6. The first kappa shape index (κ1) is 11.5. The Balaban J connectivity index is 2.04. The van der Waals surface area contributed by atoms with Crippen LogP contribution in [0.4, 0.5) is 0 Å². The van der Waals surface area contributed by atoms with E-state index in [-0.39, 0.29) is 5.56 Å². The minimum atomic E-state index is -0.935. The summed E-state index contributed by atoms with van der Waals surface area (Å²) in [5, 5.41) is 8.89. The number of hydrogen-bond acceptors (Lipinski definition) is 2. The van der Waals surface area contributed by atoms with Crippen LogP contribution in [0, 0.1) is 5.92 Å². The number of carbonyl (C=O) groups is 1. The lowest BCUT2D eigenvalue weighted by Gasteiger charge is -2.25. The quantitative estimate of drug-likeness (QED) is 0.923. The van der Waals surface area contributed by atoms with Gasteiger partial charge in [-0.05, 0) is 37.0 Å². The molecule has 1 saturated carbocycles. The molecule has 86 valence electrons. The molecular formula is C12H13BrO3. The molecule has 0 spiro atoms. The fourth-order valence-electron chi connectivity index (χ4n) is 1.64. The molecule has 16 heavy (non-hydrogen) atoms. The zero-order chi connectivity index (χ0) is 11.5. The standard InChI is InChI=1S/C12H13BrO3/c13-10-4-9(12(14)15)5-11(6-10)16-7-8-2-1-3-8/h4-6,8H,1-3,7H2,(H,14,15). The van der Waals surface area contributed by atoms with E-state index in [2.05, 4.69) is 15.9 Å². The van der Waals surface area contributed by atoms with Crippen molar-refractivity contribution in [2.45, 2.75) is 19.3 Å². The van der Waals surface area contributed by atoms with Crippen LogP contribution in [0.25, 0.3) is 0 Å². The van der Waals surface area contributed by atoms with E-state index >= 15 is 0 Å². The molecule has 0 unspecified atom stereocenters. The summed E-state index contributed by atoms with van der Waals surface area (Å²) < 4.78 is 6.32. The van der Waals surface area contributed by atoms with Crippen molar-refractivity contribution in [2.24, 2.45) is 5.92 Å². The second kappa shape index (κ2) is 4.87. The van der Waals surface area contributed by atoms with Gasteiger partial charge >= 0.3 is 5.97 Å². The summed E-state index contributed by atoms with van der Waals surface area (Å²) >= 11 is 3.28. The van der Waals surface area contributed by atoms with Crippen LogP contribution in [0.15, 0.2) is 22.7 Å². The molecule has 1 aromatic rings. The molecule has 0 bridgehead atoms. The molecule has 0 amide bonds. The molecule has 1 N–H and O–H groups in total. The minimum absolute atomic E-state index is 0.248. The molecule has 0 saturated heterocycles. The van der Waals surface area contributed by atoms with Crippen LogP contribution in [-0.2, 0) is 0 Å². The first-order valence-corrected chi connectivity index (χ1v) is 6.11. The van der Waals surface area contributed by atoms with Crippen LogP contribution in [-0.4, -0.2) is 17.7 Å². The average Bonchev–Trinajstić information content (AvgIpc) is 2.14.